The SMILES string of the molecule is CCCCc1ccc(-c2nc(CCN)[nH]c2C)cc1. The number of benzene rings is 1. The first-order valence-corrected chi connectivity index (χ1v) is 7.09. The summed E-state index contributed by atoms with van der Waals surface area (Å²) in [5.41, 5.74) is 10.3. The van der Waals surface area contributed by atoms with Gasteiger partial charge in [0.25, 0.3) is 0 Å². The minimum absolute atomic E-state index is 0.627. The largest absolute Gasteiger partial charge is 0.346 e. The fraction of sp³-hybridized carbons (Fsp3) is 0.438. The summed E-state index contributed by atoms with van der Waals surface area (Å²) in [5.74, 6) is 0.977. The number of imidazole rings is 1. The van der Waals surface area contributed by atoms with Gasteiger partial charge in [0.1, 0.15) is 5.82 Å². The number of nitrogens with two attached hydrogens (primary N) is 1. The number of rotatable bonds is 6. The molecule has 3 N–H and O–H groups in total. The van der Waals surface area contributed by atoms with Gasteiger partial charge in [0, 0.05) is 17.7 Å². The average molecular weight is 257 g/mol. The zero-order valence-corrected chi connectivity index (χ0v) is 11.9. The van der Waals surface area contributed by atoms with E-state index < -0.39 is 0 Å². The monoisotopic (exact) mass is 257 g/mol. The molecule has 0 saturated heterocycles. The topological polar surface area (TPSA) is 54.7 Å². The molecule has 0 amide bonds. The zero-order chi connectivity index (χ0) is 13.7. The highest BCUT2D eigenvalue weighted by atomic mass is 14.9. The highest BCUT2D eigenvalue weighted by Gasteiger charge is 2.08. The second-order valence-electron chi connectivity index (χ2n) is 5.00. The summed E-state index contributed by atoms with van der Waals surface area (Å²) in [7, 11) is 0. The number of nitrogens with one attached hydrogen (secondary N) is 1. The molecule has 0 unspecified atom stereocenters. The van der Waals surface area contributed by atoms with Gasteiger partial charge < -0.3 is 10.7 Å². The van der Waals surface area contributed by atoms with Crippen LogP contribution in [0.5, 0.6) is 0 Å². The zero-order valence-electron chi connectivity index (χ0n) is 11.9. The molecule has 102 valence electrons. The molecule has 0 atom stereocenters. The van der Waals surface area contributed by atoms with Crippen LogP contribution < -0.4 is 5.73 Å². The number of hydrogen-bond acceptors (Lipinski definition) is 2. The maximum absolute atomic E-state index is 5.56. The van der Waals surface area contributed by atoms with Crippen LogP contribution in [0.15, 0.2) is 24.3 Å². The minimum Gasteiger partial charge on any atom is -0.346 e. The Bertz CT molecular complexity index is 511. The standard InChI is InChI=1S/C16H23N3/c1-3-4-5-13-6-8-14(9-7-13)16-12(2)18-15(19-16)10-11-17/h6-9H,3-5,10-11,17H2,1-2H3,(H,18,19). The first kappa shape index (κ1) is 13.8. The van der Waals surface area contributed by atoms with E-state index in [1.165, 1.54) is 24.0 Å². The number of hydrogen-bond donors (Lipinski definition) is 2. The predicted octanol–water partition coefficient (Wildman–Crippen LogP) is 3.23. The van der Waals surface area contributed by atoms with E-state index in [9.17, 15) is 0 Å². The molecular weight excluding hydrogens is 234 g/mol. The van der Waals surface area contributed by atoms with E-state index in [4.69, 9.17) is 5.73 Å². The van der Waals surface area contributed by atoms with Crippen LogP contribution in [0, 0.1) is 6.92 Å². The Morgan fingerprint density at radius 2 is 1.89 bits per heavy atom. The van der Waals surface area contributed by atoms with Crippen LogP contribution in [0.3, 0.4) is 0 Å². The van der Waals surface area contributed by atoms with Crippen molar-refractivity contribution < 1.29 is 0 Å². The molecule has 19 heavy (non-hydrogen) atoms. The summed E-state index contributed by atoms with van der Waals surface area (Å²) in [4.78, 5) is 7.93. The number of aromatic nitrogens is 2. The molecule has 0 aliphatic carbocycles. The molecule has 0 bridgehead atoms. The Kier molecular flexibility index (Phi) is 4.74. The van der Waals surface area contributed by atoms with Gasteiger partial charge in [-0.15, -0.1) is 0 Å². The Hall–Kier alpha value is -1.61. The van der Waals surface area contributed by atoms with Crippen LogP contribution in [-0.4, -0.2) is 16.5 Å². The summed E-state index contributed by atoms with van der Waals surface area (Å²) in [6.45, 7) is 4.91. The number of nitrogens with zero attached hydrogens (tertiary/aromatic N) is 1. The lowest BCUT2D eigenvalue weighted by atomic mass is 10.0. The first-order valence-electron chi connectivity index (χ1n) is 7.09. The molecule has 0 fully saturated rings. The van der Waals surface area contributed by atoms with Gasteiger partial charge in [0.2, 0.25) is 0 Å². The van der Waals surface area contributed by atoms with Crippen LogP contribution >= 0.6 is 0 Å². The first-order chi connectivity index (χ1) is 9.24. The van der Waals surface area contributed by atoms with Gasteiger partial charge in [-0.1, -0.05) is 37.6 Å². The molecule has 0 radical (unpaired) electrons. The van der Waals surface area contributed by atoms with E-state index in [0.29, 0.717) is 6.54 Å². The van der Waals surface area contributed by atoms with Gasteiger partial charge in [0.05, 0.1) is 5.69 Å². The summed E-state index contributed by atoms with van der Waals surface area (Å²) in [6, 6.07) is 8.75. The van der Waals surface area contributed by atoms with E-state index in [0.717, 1.165) is 30.1 Å². The second kappa shape index (κ2) is 6.53. The quantitative estimate of drug-likeness (QED) is 0.834. The maximum atomic E-state index is 5.56. The van der Waals surface area contributed by atoms with Crippen molar-refractivity contribution in [3.63, 3.8) is 0 Å². The van der Waals surface area contributed by atoms with Gasteiger partial charge in [-0.2, -0.15) is 0 Å². The molecule has 0 saturated carbocycles. The van der Waals surface area contributed by atoms with Gasteiger partial charge in [0.15, 0.2) is 0 Å². The Morgan fingerprint density at radius 1 is 1.16 bits per heavy atom. The van der Waals surface area contributed by atoms with Crippen molar-refractivity contribution in [3.8, 4) is 11.3 Å². The number of aromatic amines is 1. The van der Waals surface area contributed by atoms with Gasteiger partial charge >= 0.3 is 0 Å². The normalized spacial score (nSPS) is 10.9. The number of H-pyrrole nitrogens is 1. The molecule has 2 rings (SSSR count). The predicted molar refractivity (Wildman–Crippen MR) is 80.1 cm³/mol. The summed E-state index contributed by atoms with van der Waals surface area (Å²) >= 11 is 0. The molecule has 1 aromatic heterocycles. The van der Waals surface area contributed by atoms with Crippen LogP contribution in [0.4, 0.5) is 0 Å². The third-order valence-corrected chi connectivity index (χ3v) is 3.36. The van der Waals surface area contributed by atoms with E-state index in [2.05, 4.69) is 48.1 Å². The van der Waals surface area contributed by atoms with Crippen molar-refractivity contribution in [3.05, 3.63) is 41.3 Å². The Balaban J connectivity index is 2.17. The van der Waals surface area contributed by atoms with Crippen molar-refractivity contribution in [2.45, 2.75) is 39.5 Å². The fourth-order valence-electron chi connectivity index (χ4n) is 2.27. The number of unbranched alkanes of at least 4 members (excludes halogenated alkanes) is 1. The van der Waals surface area contributed by atoms with Gasteiger partial charge in [-0.25, -0.2) is 4.98 Å². The Morgan fingerprint density at radius 3 is 2.53 bits per heavy atom. The lowest BCUT2D eigenvalue weighted by Gasteiger charge is -2.02. The smallest absolute Gasteiger partial charge is 0.108 e. The van der Waals surface area contributed by atoms with Crippen molar-refractivity contribution in [1.82, 2.24) is 9.97 Å². The third-order valence-electron chi connectivity index (χ3n) is 3.36. The minimum atomic E-state index is 0.627. The molecule has 0 aliphatic heterocycles. The van der Waals surface area contributed by atoms with Crippen molar-refractivity contribution in [1.29, 1.82) is 0 Å². The molecule has 1 aromatic carbocycles. The third kappa shape index (κ3) is 3.44. The highest BCUT2D eigenvalue weighted by Crippen LogP contribution is 2.22. The number of aryl methyl sites for hydroxylation is 2. The van der Waals surface area contributed by atoms with Crippen molar-refractivity contribution in [2.75, 3.05) is 6.54 Å². The lowest BCUT2D eigenvalue weighted by Crippen LogP contribution is -2.03. The van der Waals surface area contributed by atoms with E-state index in [1.807, 2.05) is 0 Å². The van der Waals surface area contributed by atoms with Crippen LogP contribution in [-0.2, 0) is 12.8 Å². The Labute approximate surface area is 115 Å². The second-order valence-corrected chi connectivity index (χ2v) is 5.00. The lowest BCUT2D eigenvalue weighted by molar-refractivity contribution is 0.795. The van der Waals surface area contributed by atoms with Crippen LogP contribution in [0.2, 0.25) is 0 Å². The maximum Gasteiger partial charge on any atom is 0.108 e. The summed E-state index contributed by atoms with van der Waals surface area (Å²) in [5, 5.41) is 0. The molecule has 3 nitrogen and oxygen atoms in total. The highest BCUT2D eigenvalue weighted by molar-refractivity contribution is 5.62. The molecule has 0 spiro atoms. The molecule has 1 heterocycles. The molecular formula is C16H23N3. The summed E-state index contributed by atoms with van der Waals surface area (Å²) < 4.78 is 0. The average Bonchev–Trinajstić information content (AvgIpc) is 2.78. The van der Waals surface area contributed by atoms with Crippen molar-refractivity contribution in [2.24, 2.45) is 5.73 Å². The molecule has 0 aliphatic rings. The molecule has 2 aromatic rings. The van der Waals surface area contributed by atoms with E-state index in [-0.39, 0.29) is 0 Å². The van der Waals surface area contributed by atoms with Gasteiger partial charge in [-0.05, 0) is 31.9 Å². The van der Waals surface area contributed by atoms with Gasteiger partial charge in [-0.3, -0.25) is 0 Å². The van der Waals surface area contributed by atoms with Crippen LogP contribution in [0.1, 0.15) is 36.8 Å². The fourth-order valence-corrected chi connectivity index (χ4v) is 2.27. The van der Waals surface area contributed by atoms with Crippen molar-refractivity contribution >= 4 is 0 Å². The van der Waals surface area contributed by atoms with E-state index in [1.54, 1.807) is 0 Å². The summed E-state index contributed by atoms with van der Waals surface area (Å²) in [6.07, 6.45) is 4.45. The van der Waals surface area contributed by atoms with E-state index >= 15 is 0 Å². The molecule has 3 heteroatoms. The van der Waals surface area contributed by atoms with Crippen LogP contribution in [0.25, 0.3) is 11.3 Å².